The Bertz CT molecular complexity index is 615. The van der Waals surface area contributed by atoms with Crippen LogP contribution in [-0.2, 0) is 19.6 Å². The predicted molar refractivity (Wildman–Crippen MR) is 92.6 cm³/mol. The van der Waals surface area contributed by atoms with Crippen LogP contribution in [0.1, 0.15) is 12.8 Å². The summed E-state index contributed by atoms with van der Waals surface area (Å²) in [6.07, 6.45) is 1.18. The molecule has 10 heteroatoms. The van der Waals surface area contributed by atoms with Crippen molar-refractivity contribution >= 4 is 22.0 Å². The number of ether oxygens (including phenoxy) is 1. The zero-order valence-electron chi connectivity index (χ0n) is 13.8. The summed E-state index contributed by atoms with van der Waals surface area (Å²) < 4.78 is 28.9. The van der Waals surface area contributed by atoms with Crippen LogP contribution in [0.2, 0.25) is 0 Å². The first-order chi connectivity index (χ1) is 11.2. The molecular formula is C14H25N5O4S. The van der Waals surface area contributed by atoms with Gasteiger partial charge < -0.3 is 21.9 Å². The number of hydrogen-bond acceptors (Lipinski definition) is 6. The number of carbonyl (C=O) groups excluding carboxylic acids is 1. The third kappa shape index (κ3) is 9.08. The van der Waals surface area contributed by atoms with Crippen molar-refractivity contribution in [2.45, 2.75) is 23.8 Å². The van der Waals surface area contributed by atoms with Gasteiger partial charge in [-0.3, -0.25) is 9.79 Å². The second-order valence-corrected chi connectivity index (χ2v) is 6.49. The van der Waals surface area contributed by atoms with Gasteiger partial charge in [-0.15, -0.1) is 0 Å². The Hall–Kier alpha value is -2.17. The first-order valence-electron chi connectivity index (χ1n) is 7.12. The summed E-state index contributed by atoms with van der Waals surface area (Å²) in [5.74, 6) is -0.365. The van der Waals surface area contributed by atoms with E-state index >= 15 is 0 Å². The monoisotopic (exact) mass is 359 g/mol. The maximum absolute atomic E-state index is 11.1. The van der Waals surface area contributed by atoms with Crippen molar-refractivity contribution in [3.8, 4) is 0 Å². The molecule has 0 radical (unpaired) electrons. The highest BCUT2D eigenvalue weighted by Crippen LogP contribution is 2.05. The Morgan fingerprint density at radius 1 is 1.29 bits per heavy atom. The normalized spacial score (nSPS) is 11.6. The van der Waals surface area contributed by atoms with Crippen LogP contribution in [0.5, 0.6) is 0 Å². The van der Waals surface area contributed by atoms with E-state index in [0.29, 0.717) is 24.3 Å². The van der Waals surface area contributed by atoms with Gasteiger partial charge in [0.2, 0.25) is 10.0 Å². The summed E-state index contributed by atoms with van der Waals surface area (Å²) in [6.45, 7) is 0.479. The van der Waals surface area contributed by atoms with E-state index in [1.54, 1.807) is 30.3 Å². The number of nitrogens with one attached hydrogen (secondary N) is 1. The SMILES string of the molecule is CNS(=O)(=O)c1ccccc1.COC(=O)C(N)CCCN=C(N)N. The topological polar surface area (TPSA) is 163 Å². The van der Waals surface area contributed by atoms with E-state index in [9.17, 15) is 13.2 Å². The lowest BCUT2D eigenvalue weighted by Crippen LogP contribution is -2.31. The first kappa shape index (κ1) is 21.8. The van der Waals surface area contributed by atoms with E-state index in [2.05, 4.69) is 14.5 Å². The quantitative estimate of drug-likeness (QED) is 0.213. The van der Waals surface area contributed by atoms with Crippen LogP contribution < -0.4 is 21.9 Å². The lowest BCUT2D eigenvalue weighted by atomic mass is 10.2. The second kappa shape index (κ2) is 11.4. The molecule has 1 rings (SSSR count). The number of nitrogens with zero attached hydrogens (tertiary/aromatic N) is 1. The highest BCUT2D eigenvalue weighted by molar-refractivity contribution is 7.89. The molecule has 0 bridgehead atoms. The molecule has 0 saturated heterocycles. The van der Waals surface area contributed by atoms with Gasteiger partial charge in [-0.05, 0) is 32.0 Å². The Kier molecular flexibility index (Phi) is 10.3. The van der Waals surface area contributed by atoms with Gasteiger partial charge in [0.05, 0.1) is 12.0 Å². The van der Waals surface area contributed by atoms with E-state index in [1.807, 2.05) is 0 Å². The van der Waals surface area contributed by atoms with Crippen molar-refractivity contribution in [3.63, 3.8) is 0 Å². The molecule has 1 aromatic carbocycles. The molecule has 0 aromatic heterocycles. The maximum Gasteiger partial charge on any atom is 0.322 e. The minimum Gasteiger partial charge on any atom is -0.468 e. The molecule has 0 aliphatic rings. The van der Waals surface area contributed by atoms with Gasteiger partial charge in [-0.2, -0.15) is 0 Å². The number of methoxy groups -OCH3 is 1. The smallest absolute Gasteiger partial charge is 0.322 e. The van der Waals surface area contributed by atoms with Crippen LogP contribution in [-0.4, -0.2) is 47.1 Å². The fourth-order valence-corrected chi connectivity index (χ4v) is 2.26. The average molecular weight is 359 g/mol. The zero-order chi connectivity index (χ0) is 18.6. The molecule has 24 heavy (non-hydrogen) atoms. The molecule has 0 aliphatic carbocycles. The largest absolute Gasteiger partial charge is 0.468 e. The fraction of sp³-hybridized carbons (Fsp3) is 0.429. The highest BCUT2D eigenvalue weighted by atomic mass is 32.2. The summed E-state index contributed by atoms with van der Waals surface area (Å²) in [5.41, 5.74) is 15.7. The molecule has 136 valence electrons. The summed E-state index contributed by atoms with van der Waals surface area (Å²) in [7, 11) is -0.553. The third-order valence-corrected chi connectivity index (χ3v) is 4.22. The van der Waals surface area contributed by atoms with Crippen molar-refractivity contribution in [2.75, 3.05) is 20.7 Å². The fourth-order valence-electron chi connectivity index (χ4n) is 1.51. The van der Waals surface area contributed by atoms with Crippen LogP contribution >= 0.6 is 0 Å². The predicted octanol–water partition coefficient (Wildman–Crippen LogP) is -0.865. The molecule has 0 amide bonds. The summed E-state index contributed by atoms with van der Waals surface area (Å²) in [4.78, 5) is 14.8. The van der Waals surface area contributed by atoms with Crippen molar-refractivity contribution in [1.29, 1.82) is 0 Å². The molecule has 0 aliphatic heterocycles. The van der Waals surface area contributed by atoms with Gasteiger partial charge in [0.15, 0.2) is 5.96 Å². The first-order valence-corrected chi connectivity index (χ1v) is 8.60. The number of guanidine groups is 1. The number of aliphatic imine (C=N–C) groups is 1. The maximum atomic E-state index is 11.1. The van der Waals surface area contributed by atoms with Gasteiger partial charge in [-0.1, -0.05) is 18.2 Å². The van der Waals surface area contributed by atoms with Gasteiger partial charge in [-0.25, -0.2) is 13.1 Å². The number of hydrogen-bond donors (Lipinski definition) is 4. The van der Waals surface area contributed by atoms with Crippen LogP contribution in [0.4, 0.5) is 0 Å². The van der Waals surface area contributed by atoms with Crippen molar-refractivity contribution < 1.29 is 17.9 Å². The standard InChI is InChI=1S/C7H16N4O2.C7H9NO2S/c1-13-6(12)5(8)3-2-4-11-7(9)10;1-8-11(9,10)7-5-3-2-4-6-7/h5H,2-4,8H2,1H3,(H4,9,10,11);2-6,8H,1H3. The molecule has 7 N–H and O–H groups in total. The van der Waals surface area contributed by atoms with Crippen molar-refractivity contribution in [1.82, 2.24) is 4.72 Å². The Morgan fingerprint density at radius 3 is 2.33 bits per heavy atom. The minimum atomic E-state index is -3.25. The number of rotatable bonds is 7. The number of benzene rings is 1. The lowest BCUT2D eigenvalue weighted by Gasteiger charge is -2.07. The van der Waals surface area contributed by atoms with Crippen LogP contribution in [0, 0.1) is 0 Å². The van der Waals surface area contributed by atoms with E-state index in [-0.39, 0.29) is 5.96 Å². The van der Waals surface area contributed by atoms with Crippen LogP contribution in [0.3, 0.4) is 0 Å². The van der Waals surface area contributed by atoms with E-state index in [1.165, 1.54) is 14.2 Å². The van der Waals surface area contributed by atoms with E-state index in [0.717, 1.165) is 0 Å². The van der Waals surface area contributed by atoms with Crippen molar-refractivity contribution in [2.24, 2.45) is 22.2 Å². The summed E-state index contributed by atoms with van der Waals surface area (Å²) in [5, 5.41) is 0. The minimum absolute atomic E-state index is 0.0478. The molecule has 1 aromatic rings. The van der Waals surface area contributed by atoms with Crippen LogP contribution in [0.25, 0.3) is 0 Å². The van der Waals surface area contributed by atoms with Gasteiger partial charge in [0.25, 0.3) is 0 Å². The average Bonchev–Trinajstić information content (AvgIpc) is 2.59. The van der Waals surface area contributed by atoms with E-state index in [4.69, 9.17) is 17.2 Å². The van der Waals surface area contributed by atoms with Gasteiger partial charge in [0, 0.05) is 6.54 Å². The van der Waals surface area contributed by atoms with Crippen LogP contribution in [0.15, 0.2) is 40.2 Å². The Morgan fingerprint density at radius 2 is 1.88 bits per heavy atom. The number of carbonyl (C=O) groups is 1. The Balaban J connectivity index is 0.000000446. The van der Waals surface area contributed by atoms with Crippen molar-refractivity contribution in [3.05, 3.63) is 30.3 Å². The molecule has 0 saturated carbocycles. The Labute approximate surface area is 142 Å². The summed E-state index contributed by atoms with van der Waals surface area (Å²) in [6, 6.07) is 7.65. The van der Waals surface area contributed by atoms with Gasteiger partial charge in [0.1, 0.15) is 6.04 Å². The summed E-state index contributed by atoms with van der Waals surface area (Å²) >= 11 is 0. The molecule has 1 atom stereocenters. The highest BCUT2D eigenvalue weighted by Gasteiger charge is 2.12. The molecule has 1 unspecified atom stereocenters. The van der Waals surface area contributed by atoms with Gasteiger partial charge >= 0.3 is 5.97 Å². The second-order valence-electron chi connectivity index (χ2n) is 4.60. The number of sulfonamides is 1. The van der Waals surface area contributed by atoms with E-state index < -0.39 is 22.0 Å². The molecular weight excluding hydrogens is 334 g/mol. The number of esters is 1. The molecule has 0 spiro atoms. The molecule has 0 fully saturated rings. The molecule has 0 heterocycles. The number of nitrogens with two attached hydrogens (primary N) is 3. The lowest BCUT2D eigenvalue weighted by molar-refractivity contribution is -0.142. The zero-order valence-corrected chi connectivity index (χ0v) is 14.6. The third-order valence-electron chi connectivity index (χ3n) is 2.79. The molecule has 9 nitrogen and oxygen atoms in total.